The number of hydrogen-bond donors (Lipinski definition) is 1. The van der Waals surface area contributed by atoms with E-state index >= 15 is 0 Å². The van der Waals surface area contributed by atoms with Gasteiger partial charge in [-0.15, -0.1) is 0 Å². The average molecular weight is 267 g/mol. The normalized spacial score (nSPS) is 23.6. The lowest BCUT2D eigenvalue weighted by Crippen LogP contribution is -2.30. The zero-order valence-electron chi connectivity index (χ0n) is 11.8. The minimum absolute atomic E-state index is 0.155. The largest absolute Gasteiger partial charge is 0.317 e. The molecule has 19 heavy (non-hydrogen) atoms. The van der Waals surface area contributed by atoms with Crippen LogP contribution in [0.1, 0.15) is 49.7 Å². The van der Waals surface area contributed by atoms with Gasteiger partial charge in [0.15, 0.2) is 11.6 Å². The van der Waals surface area contributed by atoms with Crippen molar-refractivity contribution < 1.29 is 8.78 Å². The van der Waals surface area contributed by atoms with E-state index in [1.165, 1.54) is 6.42 Å². The molecule has 1 N–H and O–H groups in total. The van der Waals surface area contributed by atoms with Crippen LogP contribution in [0, 0.1) is 24.5 Å². The predicted molar refractivity (Wildman–Crippen MR) is 74.3 cm³/mol. The molecule has 1 fully saturated rings. The van der Waals surface area contributed by atoms with Crippen LogP contribution in [0.15, 0.2) is 12.1 Å². The summed E-state index contributed by atoms with van der Waals surface area (Å²) in [7, 11) is 0. The van der Waals surface area contributed by atoms with Gasteiger partial charge in [0.05, 0.1) is 0 Å². The quantitative estimate of drug-likeness (QED) is 0.864. The lowest BCUT2D eigenvalue weighted by molar-refractivity contribution is 0.289. The van der Waals surface area contributed by atoms with Gasteiger partial charge in [-0.1, -0.05) is 31.9 Å². The molecule has 1 nitrogen and oxygen atoms in total. The third-order valence-electron chi connectivity index (χ3n) is 4.27. The molecule has 2 rings (SSSR count). The molecule has 2 unspecified atom stereocenters. The van der Waals surface area contributed by atoms with E-state index in [0.29, 0.717) is 17.0 Å². The second kappa shape index (κ2) is 6.47. The molecule has 0 amide bonds. The summed E-state index contributed by atoms with van der Waals surface area (Å²) in [5.74, 6) is -0.730. The maximum Gasteiger partial charge on any atom is 0.162 e. The van der Waals surface area contributed by atoms with Gasteiger partial charge in [0.2, 0.25) is 0 Å². The standard InChI is InChI=1S/C16H23F2N/c1-3-19-10-12-6-4-5-7-13(12)14-9-8-11(2)15(17)16(14)18/h8-9,12-13,19H,3-7,10H2,1-2H3. The molecule has 0 aromatic heterocycles. The number of benzene rings is 1. The summed E-state index contributed by atoms with van der Waals surface area (Å²) in [6.07, 6.45) is 4.38. The van der Waals surface area contributed by atoms with Crippen molar-refractivity contribution in [3.05, 3.63) is 34.9 Å². The first-order valence-electron chi connectivity index (χ1n) is 7.30. The predicted octanol–water partition coefficient (Wildman–Crippen LogP) is 4.16. The maximum absolute atomic E-state index is 14.1. The lowest BCUT2D eigenvalue weighted by Gasteiger charge is -2.32. The van der Waals surface area contributed by atoms with Crippen LogP contribution in [0.2, 0.25) is 0 Å². The van der Waals surface area contributed by atoms with Gasteiger partial charge in [0.1, 0.15) is 0 Å². The number of rotatable bonds is 4. The zero-order valence-corrected chi connectivity index (χ0v) is 11.8. The Morgan fingerprint density at radius 1 is 1.16 bits per heavy atom. The second-order valence-corrected chi connectivity index (χ2v) is 5.56. The Bertz CT molecular complexity index is 431. The molecule has 1 aromatic rings. The summed E-state index contributed by atoms with van der Waals surface area (Å²) in [4.78, 5) is 0. The van der Waals surface area contributed by atoms with E-state index in [2.05, 4.69) is 12.2 Å². The van der Waals surface area contributed by atoms with Crippen molar-refractivity contribution in [3.8, 4) is 0 Å². The molecule has 1 aliphatic rings. The molecule has 3 heteroatoms. The molecule has 0 saturated heterocycles. The van der Waals surface area contributed by atoms with Crippen molar-refractivity contribution in [2.75, 3.05) is 13.1 Å². The van der Waals surface area contributed by atoms with E-state index in [0.717, 1.165) is 32.4 Å². The van der Waals surface area contributed by atoms with Gasteiger partial charge in [-0.2, -0.15) is 0 Å². The van der Waals surface area contributed by atoms with Gasteiger partial charge >= 0.3 is 0 Å². The minimum Gasteiger partial charge on any atom is -0.317 e. The highest BCUT2D eigenvalue weighted by atomic mass is 19.2. The third kappa shape index (κ3) is 3.14. The highest BCUT2D eigenvalue weighted by Crippen LogP contribution is 2.39. The van der Waals surface area contributed by atoms with E-state index in [9.17, 15) is 8.78 Å². The molecule has 0 spiro atoms. The van der Waals surface area contributed by atoms with Gasteiger partial charge in [-0.3, -0.25) is 0 Å². The highest BCUT2D eigenvalue weighted by molar-refractivity contribution is 5.29. The van der Waals surface area contributed by atoms with Crippen molar-refractivity contribution in [1.29, 1.82) is 0 Å². The SMILES string of the molecule is CCNCC1CCCCC1c1ccc(C)c(F)c1F. The summed E-state index contributed by atoms with van der Waals surface area (Å²) < 4.78 is 27.9. The summed E-state index contributed by atoms with van der Waals surface area (Å²) in [5, 5.41) is 3.35. The summed E-state index contributed by atoms with van der Waals surface area (Å²) in [6.45, 7) is 5.51. The molecule has 0 bridgehead atoms. The van der Waals surface area contributed by atoms with E-state index < -0.39 is 11.6 Å². The molecule has 1 aliphatic carbocycles. The second-order valence-electron chi connectivity index (χ2n) is 5.56. The monoisotopic (exact) mass is 267 g/mol. The molecule has 1 saturated carbocycles. The lowest BCUT2D eigenvalue weighted by atomic mass is 9.75. The van der Waals surface area contributed by atoms with Crippen LogP contribution in [-0.2, 0) is 0 Å². The van der Waals surface area contributed by atoms with Gasteiger partial charge in [0.25, 0.3) is 0 Å². The van der Waals surface area contributed by atoms with Crippen LogP contribution in [0.25, 0.3) is 0 Å². The van der Waals surface area contributed by atoms with Crippen molar-refractivity contribution in [3.63, 3.8) is 0 Å². The number of halogens is 2. The van der Waals surface area contributed by atoms with Gasteiger partial charge in [-0.05, 0) is 55.8 Å². The van der Waals surface area contributed by atoms with Crippen molar-refractivity contribution in [1.82, 2.24) is 5.32 Å². The average Bonchev–Trinajstić information content (AvgIpc) is 2.43. The Labute approximate surface area is 114 Å². The van der Waals surface area contributed by atoms with E-state index in [1.807, 2.05) is 0 Å². The number of aryl methyl sites for hydroxylation is 1. The Balaban J connectivity index is 2.24. The van der Waals surface area contributed by atoms with Crippen LogP contribution in [0.4, 0.5) is 8.78 Å². The van der Waals surface area contributed by atoms with Crippen LogP contribution in [-0.4, -0.2) is 13.1 Å². The fourth-order valence-electron chi connectivity index (χ4n) is 3.14. The van der Waals surface area contributed by atoms with Crippen LogP contribution in [0.3, 0.4) is 0 Å². The van der Waals surface area contributed by atoms with Gasteiger partial charge in [0, 0.05) is 0 Å². The third-order valence-corrected chi connectivity index (χ3v) is 4.27. The Morgan fingerprint density at radius 2 is 1.89 bits per heavy atom. The fraction of sp³-hybridized carbons (Fsp3) is 0.625. The van der Waals surface area contributed by atoms with Gasteiger partial charge < -0.3 is 5.32 Å². The molecule has 2 atom stereocenters. The Hall–Kier alpha value is -0.960. The van der Waals surface area contributed by atoms with Gasteiger partial charge in [-0.25, -0.2) is 8.78 Å². The van der Waals surface area contributed by atoms with E-state index in [4.69, 9.17) is 0 Å². The Kier molecular flexibility index (Phi) is 4.92. The topological polar surface area (TPSA) is 12.0 Å². The molecule has 106 valence electrons. The highest BCUT2D eigenvalue weighted by Gasteiger charge is 2.29. The van der Waals surface area contributed by atoms with Crippen molar-refractivity contribution in [2.45, 2.75) is 45.4 Å². The van der Waals surface area contributed by atoms with E-state index in [1.54, 1.807) is 19.1 Å². The smallest absolute Gasteiger partial charge is 0.162 e. The number of nitrogens with one attached hydrogen (secondary N) is 1. The first-order valence-corrected chi connectivity index (χ1v) is 7.30. The molecule has 1 aromatic carbocycles. The summed E-state index contributed by atoms with van der Waals surface area (Å²) >= 11 is 0. The zero-order chi connectivity index (χ0) is 13.8. The number of hydrogen-bond acceptors (Lipinski definition) is 1. The first kappa shape index (κ1) is 14.4. The summed E-state index contributed by atoms with van der Waals surface area (Å²) in [5.41, 5.74) is 0.964. The maximum atomic E-state index is 14.1. The van der Waals surface area contributed by atoms with E-state index in [-0.39, 0.29) is 5.92 Å². The molecular weight excluding hydrogens is 244 g/mol. The molecular formula is C16H23F2N. The minimum atomic E-state index is -0.676. The van der Waals surface area contributed by atoms with Crippen molar-refractivity contribution >= 4 is 0 Å². The molecule has 0 aliphatic heterocycles. The first-order chi connectivity index (χ1) is 9.15. The molecule has 0 heterocycles. The Morgan fingerprint density at radius 3 is 2.63 bits per heavy atom. The van der Waals surface area contributed by atoms with Crippen LogP contribution >= 0.6 is 0 Å². The van der Waals surface area contributed by atoms with Crippen LogP contribution in [0.5, 0.6) is 0 Å². The fourth-order valence-corrected chi connectivity index (χ4v) is 3.14. The summed E-state index contributed by atoms with van der Waals surface area (Å²) in [6, 6.07) is 3.48. The molecule has 0 radical (unpaired) electrons. The van der Waals surface area contributed by atoms with Crippen molar-refractivity contribution in [2.24, 2.45) is 5.92 Å². The van der Waals surface area contributed by atoms with Crippen LogP contribution < -0.4 is 5.32 Å².